The second-order valence-corrected chi connectivity index (χ2v) is 5.27. The molecule has 1 fully saturated rings. The van der Waals surface area contributed by atoms with Gasteiger partial charge in [-0.15, -0.1) is 0 Å². The molecule has 1 aromatic carbocycles. The van der Waals surface area contributed by atoms with Gasteiger partial charge in [0.1, 0.15) is 0 Å². The van der Waals surface area contributed by atoms with Crippen LogP contribution in [0.2, 0.25) is 0 Å². The molecule has 3 nitrogen and oxygen atoms in total. The van der Waals surface area contributed by atoms with Gasteiger partial charge in [-0.25, -0.2) is 0 Å². The van der Waals surface area contributed by atoms with Gasteiger partial charge in [0, 0.05) is 30.9 Å². The maximum absolute atomic E-state index is 10.0. The van der Waals surface area contributed by atoms with Crippen LogP contribution in [-0.4, -0.2) is 30.9 Å². The highest BCUT2D eigenvalue weighted by atomic mass is 16.5. The summed E-state index contributed by atoms with van der Waals surface area (Å²) in [6.45, 7) is 2.92. The lowest BCUT2D eigenvalue weighted by Gasteiger charge is -2.34. The lowest BCUT2D eigenvalue weighted by molar-refractivity contribution is 0.105. The highest BCUT2D eigenvalue weighted by Crippen LogP contribution is 2.33. The molecule has 0 aliphatic carbocycles. The second-order valence-electron chi connectivity index (χ2n) is 5.27. The Morgan fingerprint density at radius 1 is 1.28 bits per heavy atom. The smallest absolute Gasteiger partial charge is 0.0826 e. The van der Waals surface area contributed by atoms with E-state index in [0.717, 1.165) is 38.1 Å². The fraction of sp³-hybridized carbons (Fsp3) is 0.600. The highest BCUT2D eigenvalue weighted by Gasteiger charge is 2.24. The number of para-hydroxylation sites is 1. The molecule has 2 aliphatic rings. The molecule has 2 heterocycles. The number of aliphatic hydroxyl groups excluding tert-OH is 1. The number of nitrogens with zero attached hydrogens (tertiary/aromatic N) is 1. The van der Waals surface area contributed by atoms with E-state index in [0.29, 0.717) is 6.10 Å². The Bertz CT molecular complexity index is 401. The number of fused-ring (bicyclic) bond motifs is 1. The summed E-state index contributed by atoms with van der Waals surface area (Å²) in [4.78, 5) is 2.39. The third-order valence-electron chi connectivity index (χ3n) is 4.05. The molecule has 18 heavy (non-hydrogen) atoms. The van der Waals surface area contributed by atoms with E-state index >= 15 is 0 Å². The predicted octanol–water partition coefficient (Wildman–Crippen LogP) is 2.50. The first-order valence-electron chi connectivity index (χ1n) is 6.98. The van der Waals surface area contributed by atoms with Gasteiger partial charge in [0.25, 0.3) is 0 Å². The second kappa shape index (κ2) is 5.29. The van der Waals surface area contributed by atoms with Gasteiger partial charge in [-0.05, 0) is 31.7 Å². The van der Waals surface area contributed by atoms with Gasteiger partial charge in [-0.1, -0.05) is 18.2 Å². The van der Waals surface area contributed by atoms with Crippen LogP contribution < -0.4 is 4.90 Å². The summed E-state index contributed by atoms with van der Waals surface area (Å²) >= 11 is 0. The van der Waals surface area contributed by atoms with Crippen molar-refractivity contribution in [1.29, 1.82) is 0 Å². The molecule has 3 heteroatoms. The molecule has 0 bridgehead atoms. The van der Waals surface area contributed by atoms with Gasteiger partial charge < -0.3 is 14.7 Å². The van der Waals surface area contributed by atoms with E-state index in [4.69, 9.17) is 4.74 Å². The van der Waals surface area contributed by atoms with Crippen molar-refractivity contribution in [1.82, 2.24) is 0 Å². The zero-order valence-corrected chi connectivity index (χ0v) is 10.7. The Morgan fingerprint density at radius 2 is 2.17 bits per heavy atom. The molecule has 2 aliphatic heterocycles. The van der Waals surface area contributed by atoms with E-state index in [-0.39, 0.29) is 6.10 Å². The van der Waals surface area contributed by atoms with Crippen molar-refractivity contribution in [2.45, 2.75) is 37.9 Å². The number of hydrogen-bond acceptors (Lipinski definition) is 3. The maximum atomic E-state index is 10.0. The van der Waals surface area contributed by atoms with Crippen LogP contribution in [0.15, 0.2) is 24.3 Å². The Kier molecular flexibility index (Phi) is 3.52. The third kappa shape index (κ3) is 2.38. The molecule has 0 spiro atoms. The minimum absolute atomic E-state index is 0.291. The summed E-state index contributed by atoms with van der Waals surface area (Å²) in [6.07, 6.45) is 4.51. The Hall–Kier alpha value is -1.06. The SMILES string of the molecule is OC1CCN(CCC2CCCO2)c2ccccc21. The zero-order chi connectivity index (χ0) is 12.4. The molecule has 1 aromatic rings. The minimum atomic E-state index is -0.291. The van der Waals surface area contributed by atoms with Gasteiger partial charge >= 0.3 is 0 Å². The molecular formula is C15H21NO2. The first-order chi connectivity index (χ1) is 8.84. The molecule has 0 aromatic heterocycles. The van der Waals surface area contributed by atoms with E-state index < -0.39 is 0 Å². The standard InChI is InChI=1S/C15H21NO2/c17-15-8-10-16(9-7-12-4-3-11-18-12)14-6-2-1-5-13(14)15/h1-2,5-6,12,15,17H,3-4,7-11H2. The first kappa shape index (κ1) is 12.0. The Balaban J connectivity index is 1.68. The van der Waals surface area contributed by atoms with E-state index in [2.05, 4.69) is 17.0 Å². The van der Waals surface area contributed by atoms with Crippen LogP contribution in [0.5, 0.6) is 0 Å². The van der Waals surface area contributed by atoms with E-state index in [1.807, 2.05) is 12.1 Å². The zero-order valence-electron chi connectivity index (χ0n) is 10.7. The maximum Gasteiger partial charge on any atom is 0.0826 e. The topological polar surface area (TPSA) is 32.7 Å². The molecule has 1 saturated heterocycles. The molecule has 0 radical (unpaired) electrons. The van der Waals surface area contributed by atoms with Gasteiger partial charge in [0.2, 0.25) is 0 Å². The normalized spacial score (nSPS) is 27.3. The monoisotopic (exact) mass is 247 g/mol. The Labute approximate surface area is 108 Å². The summed E-state index contributed by atoms with van der Waals surface area (Å²) in [5.74, 6) is 0. The quantitative estimate of drug-likeness (QED) is 0.890. The molecule has 98 valence electrons. The number of ether oxygens (including phenoxy) is 1. The molecule has 0 amide bonds. The summed E-state index contributed by atoms with van der Waals surface area (Å²) in [5, 5.41) is 10.0. The van der Waals surface area contributed by atoms with Crippen LogP contribution in [0.4, 0.5) is 5.69 Å². The number of anilines is 1. The summed E-state index contributed by atoms with van der Waals surface area (Å²) in [7, 11) is 0. The van der Waals surface area contributed by atoms with Crippen molar-refractivity contribution in [3.05, 3.63) is 29.8 Å². The average molecular weight is 247 g/mol. The molecule has 0 saturated carbocycles. The fourth-order valence-electron chi connectivity index (χ4n) is 3.02. The van der Waals surface area contributed by atoms with Crippen LogP contribution in [-0.2, 0) is 4.74 Å². The average Bonchev–Trinajstić information content (AvgIpc) is 2.92. The predicted molar refractivity (Wildman–Crippen MR) is 71.8 cm³/mol. The number of hydrogen-bond donors (Lipinski definition) is 1. The van der Waals surface area contributed by atoms with Gasteiger partial charge in [-0.2, -0.15) is 0 Å². The van der Waals surface area contributed by atoms with Gasteiger partial charge in [0.05, 0.1) is 12.2 Å². The van der Waals surface area contributed by atoms with E-state index in [1.165, 1.54) is 18.5 Å². The Morgan fingerprint density at radius 3 is 3.00 bits per heavy atom. The van der Waals surface area contributed by atoms with Gasteiger partial charge in [-0.3, -0.25) is 0 Å². The minimum Gasteiger partial charge on any atom is -0.388 e. The van der Waals surface area contributed by atoms with E-state index in [9.17, 15) is 5.11 Å². The largest absolute Gasteiger partial charge is 0.388 e. The summed E-state index contributed by atoms with van der Waals surface area (Å²) < 4.78 is 5.68. The molecule has 3 rings (SSSR count). The van der Waals surface area contributed by atoms with E-state index in [1.54, 1.807) is 0 Å². The van der Waals surface area contributed by atoms with Crippen LogP contribution in [0.25, 0.3) is 0 Å². The van der Waals surface area contributed by atoms with Crippen molar-refractivity contribution >= 4 is 5.69 Å². The van der Waals surface area contributed by atoms with Gasteiger partial charge in [0.15, 0.2) is 0 Å². The van der Waals surface area contributed by atoms with Crippen LogP contribution in [0.1, 0.15) is 37.4 Å². The summed E-state index contributed by atoms with van der Waals surface area (Å²) in [6, 6.07) is 8.22. The first-order valence-corrected chi connectivity index (χ1v) is 6.98. The number of rotatable bonds is 3. The van der Waals surface area contributed by atoms with Crippen molar-refractivity contribution in [2.24, 2.45) is 0 Å². The number of benzene rings is 1. The third-order valence-corrected chi connectivity index (χ3v) is 4.05. The lowest BCUT2D eigenvalue weighted by atomic mass is 9.98. The fourth-order valence-corrected chi connectivity index (χ4v) is 3.02. The lowest BCUT2D eigenvalue weighted by Crippen LogP contribution is -2.33. The number of aliphatic hydroxyl groups is 1. The molecule has 2 unspecified atom stereocenters. The van der Waals surface area contributed by atoms with Crippen molar-refractivity contribution in [2.75, 3.05) is 24.6 Å². The van der Waals surface area contributed by atoms with Crippen molar-refractivity contribution in [3.8, 4) is 0 Å². The molecule has 2 atom stereocenters. The molecule has 1 N–H and O–H groups in total. The van der Waals surface area contributed by atoms with Crippen LogP contribution >= 0.6 is 0 Å². The van der Waals surface area contributed by atoms with Crippen LogP contribution in [0, 0.1) is 0 Å². The summed E-state index contributed by atoms with van der Waals surface area (Å²) in [5.41, 5.74) is 2.28. The van der Waals surface area contributed by atoms with Crippen molar-refractivity contribution < 1.29 is 9.84 Å². The highest BCUT2D eigenvalue weighted by molar-refractivity contribution is 5.56. The molecular weight excluding hydrogens is 226 g/mol. The van der Waals surface area contributed by atoms with Crippen LogP contribution in [0.3, 0.4) is 0 Å². The van der Waals surface area contributed by atoms with Crippen molar-refractivity contribution in [3.63, 3.8) is 0 Å².